The molecule has 0 spiro atoms. The lowest BCUT2D eigenvalue weighted by atomic mass is 10.1. The van der Waals surface area contributed by atoms with E-state index in [2.05, 4.69) is 4.99 Å². The second kappa shape index (κ2) is 5.80. The number of hydrogen-bond acceptors (Lipinski definition) is 2. The minimum absolute atomic E-state index is 0.398. The van der Waals surface area contributed by atoms with Crippen LogP contribution in [0, 0.1) is 0 Å². The van der Waals surface area contributed by atoms with Gasteiger partial charge in [-0.25, -0.2) is 0 Å². The smallest absolute Gasteiger partial charge is 0.229 e. The predicted molar refractivity (Wildman–Crippen MR) is 91.1 cm³/mol. The van der Waals surface area contributed by atoms with Gasteiger partial charge in [-0.1, -0.05) is 77.3 Å². The normalized spacial score (nSPS) is 14.8. The number of aliphatic imine (C=N–C) groups is 2. The molecule has 1 aliphatic heterocycles. The van der Waals surface area contributed by atoms with Gasteiger partial charge in [0, 0.05) is 6.42 Å². The zero-order valence-corrected chi connectivity index (χ0v) is 13.2. The number of nitrogens with zero attached hydrogens (tertiary/aromatic N) is 2. The Morgan fingerprint density at radius 1 is 0.762 bits per heavy atom. The van der Waals surface area contributed by atoms with Crippen LogP contribution in [0.3, 0.4) is 0 Å². The highest BCUT2D eigenvalue weighted by atomic mass is 35.6. The third-order valence-corrected chi connectivity index (χ3v) is 3.82. The molecule has 0 unspecified atom stereocenters. The largest absolute Gasteiger partial charge is 0.251 e. The molecular formula is C16H11Cl3N2. The highest BCUT2D eigenvalue weighted by molar-refractivity contribution is 6.77. The van der Waals surface area contributed by atoms with Crippen molar-refractivity contribution in [2.24, 2.45) is 9.98 Å². The van der Waals surface area contributed by atoms with Crippen LogP contribution in [0.4, 0.5) is 11.4 Å². The average molecular weight is 338 g/mol. The van der Waals surface area contributed by atoms with Crippen molar-refractivity contribution in [2.45, 2.75) is 10.2 Å². The summed E-state index contributed by atoms with van der Waals surface area (Å²) in [4.78, 5) is 9.19. The van der Waals surface area contributed by atoms with E-state index in [1.54, 1.807) is 0 Å². The molecular weight excluding hydrogens is 327 g/mol. The quantitative estimate of drug-likeness (QED) is 0.600. The summed E-state index contributed by atoms with van der Waals surface area (Å²) in [7, 11) is 0. The van der Waals surface area contributed by atoms with Crippen LogP contribution in [-0.4, -0.2) is 15.2 Å². The standard InChI is InChI=1S/C16H11Cl3N2/c17-16(18,19)15-10-14(11-6-2-1-3-7-11)20-12-8-4-5-9-13(12)21-15/h1-9H,10H2. The fourth-order valence-corrected chi connectivity index (χ4v) is 2.47. The van der Waals surface area contributed by atoms with Gasteiger partial charge in [-0.2, -0.15) is 0 Å². The van der Waals surface area contributed by atoms with Crippen LogP contribution < -0.4 is 0 Å². The average Bonchev–Trinajstić information content (AvgIpc) is 2.67. The van der Waals surface area contributed by atoms with Gasteiger partial charge in [0.05, 0.1) is 22.8 Å². The highest BCUT2D eigenvalue weighted by Crippen LogP contribution is 2.37. The van der Waals surface area contributed by atoms with E-state index in [-0.39, 0.29) is 0 Å². The number of halogens is 3. The van der Waals surface area contributed by atoms with Gasteiger partial charge in [0.1, 0.15) is 0 Å². The molecule has 0 atom stereocenters. The van der Waals surface area contributed by atoms with Crippen molar-refractivity contribution >= 4 is 57.6 Å². The number of rotatable bonds is 1. The molecule has 0 aromatic heterocycles. The zero-order valence-electron chi connectivity index (χ0n) is 10.9. The molecule has 2 nitrogen and oxygen atoms in total. The van der Waals surface area contributed by atoms with E-state index in [0.717, 1.165) is 17.0 Å². The van der Waals surface area contributed by atoms with Crippen molar-refractivity contribution in [3.8, 4) is 0 Å². The molecule has 1 aliphatic rings. The maximum atomic E-state index is 6.05. The summed E-state index contributed by atoms with van der Waals surface area (Å²) in [6.45, 7) is 0. The van der Waals surface area contributed by atoms with E-state index < -0.39 is 3.79 Å². The van der Waals surface area contributed by atoms with Crippen molar-refractivity contribution in [1.82, 2.24) is 0 Å². The minimum Gasteiger partial charge on any atom is -0.251 e. The van der Waals surface area contributed by atoms with E-state index in [4.69, 9.17) is 39.8 Å². The Kier molecular flexibility index (Phi) is 4.03. The molecule has 106 valence electrons. The lowest BCUT2D eigenvalue weighted by Gasteiger charge is -2.14. The highest BCUT2D eigenvalue weighted by Gasteiger charge is 2.30. The van der Waals surface area contributed by atoms with E-state index >= 15 is 0 Å². The Labute approximate surface area is 138 Å². The molecule has 2 aromatic rings. The van der Waals surface area contributed by atoms with E-state index in [9.17, 15) is 0 Å². The van der Waals surface area contributed by atoms with Crippen LogP contribution in [-0.2, 0) is 0 Å². The summed E-state index contributed by atoms with van der Waals surface area (Å²) in [6.07, 6.45) is 0.398. The third kappa shape index (κ3) is 3.29. The molecule has 0 saturated carbocycles. The molecule has 0 saturated heterocycles. The first-order valence-electron chi connectivity index (χ1n) is 6.41. The molecule has 0 fully saturated rings. The van der Waals surface area contributed by atoms with Crippen LogP contribution in [0.25, 0.3) is 0 Å². The monoisotopic (exact) mass is 336 g/mol. The molecule has 0 N–H and O–H groups in total. The maximum absolute atomic E-state index is 6.05. The van der Waals surface area contributed by atoms with Gasteiger partial charge in [-0.15, -0.1) is 0 Å². The van der Waals surface area contributed by atoms with Crippen molar-refractivity contribution in [3.05, 3.63) is 60.2 Å². The molecule has 0 amide bonds. The predicted octanol–water partition coefficient (Wildman–Crippen LogP) is 5.65. The molecule has 21 heavy (non-hydrogen) atoms. The van der Waals surface area contributed by atoms with Crippen molar-refractivity contribution in [1.29, 1.82) is 0 Å². The number of hydrogen-bond donors (Lipinski definition) is 0. The van der Waals surface area contributed by atoms with Gasteiger partial charge >= 0.3 is 0 Å². The second-order valence-corrected chi connectivity index (χ2v) is 6.93. The number of benzene rings is 2. The van der Waals surface area contributed by atoms with Gasteiger partial charge in [0.15, 0.2) is 0 Å². The Hall–Kier alpha value is -1.35. The zero-order chi connectivity index (χ0) is 14.9. The summed E-state index contributed by atoms with van der Waals surface area (Å²) in [5.41, 5.74) is 3.80. The molecule has 2 aromatic carbocycles. The van der Waals surface area contributed by atoms with Gasteiger partial charge in [0.25, 0.3) is 0 Å². The third-order valence-electron chi connectivity index (χ3n) is 3.16. The summed E-state index contributed by atoms with van der Waals surface area (Å²) in [5, 5.41) is 0. The molecule has 0 radical (unpaired) electrons. The Morgan fingerprint density at radius 2 is 1.33 bits per heavy atom. The lowest BCUT2D eigenvalue weighted by molar-refractivity contribution is 1.37. The molecule has 5 heteroatoms. The number of para-hydroxylation sites is 2. The SMILES string of the molecule is ClC(Cl)(Cl)C1=Nc2ccccc2N=C(c2ccccc2)C1. The summed E-state index contributed by atoms with van der Waals surface area (Å²) in [5.74, 6) is 0. The van der Waals surface area contributed by atoms with Crippen LogP contribution in [0.1, 0.15) is 12.0 Å². The Bertz CT molecular complexity index is 716. The van der Waals surface area contributed by atoms with Gasteiger partial charge < -0.3 is 0 Å². The van der Waals surface area contributed by atoms with Crippen molar-refractivity contribution < 1.29 is 0 Å². The van der Waals surface area contributed by atoms with Gasteiger partial charge in [-0.3, -0.25) is 9.98 Å². The first-order chi connectivity index (χ1) is 10.0. The molecule has 3 rings (SSSR count). The second-order valence-electron chi connectivity index (χ2n) is 4.65. The molecule has 1 heterocycles. The first kappa shape index (κ1) is 14.6. The lowest BCUT2D eigenvalue weighted by Crippen LogP contribution is -2.22. The van der Waals surface area contributed by atoms with Crippen molar-refractivity contribution in [2.75, 3.05) is 0 Å². The van der Waals surface area contributed by atoms with Gasteiger partial charge in [-0.05, 0) is 17.7 Å². The van der Waals surface area contributed by atoms with E-state index in [0.29, 0.717) is 17.8 Å². The minimum atomic E-state index is -1.55. The number of alkyl halides is 3. The fraction of sp³-hybridized carbons (Fsp3) is 0.125. The van der Waals surface area contributed by atoms with Crippen LogP contribution in [0.5, 0.6) is 0 Å². The summed E-state index contributed by atoms with van der Waals surface area (Å²) >= 11 is 18.1. The first-order valence-corrected chi connectivity index (χ1v) is 7.54. The van der Waals surface area contributed by atoms with Gasteiger partial charge in [0.2, 0.25) is 3.79 Å². The molecule has 0 aliphatic carbocycles. The van der Waals surface area contributed by atoms with E-state index in [1.165, 1.54) is 0 Å². The Morgan fingerprint density at radius 3 is 1.95 bits per heavy atom. The molecule has 0 bridgehead atoms. The van der Waals surface area contributed by atoms with Crippen LogP contribution in [0.15, 0.2) is 64.6 Å². The topological polar surface area (TPSA) is 24.7 Å². The fourth-order valence-electron chi connectivity index (χ4n) is 2.14. The maximum Gasteiger partial charge on any atom is 0.229 e. The van der Waals surface area contributed by atoms with E-state index in [1.807, 2.05) is 54.6 Å². The van der Waals surface area contributed by atoms with Crippen LogP contribution in [0.2, 0.25) is 0 Å². The number of fused-ring (bicyclic) bond motifs is 1. The summed E-state index contributed by atoms with van der Waals surface area (Å²) < 4.78 is -1.55. The Balaban J connectivity index is 2.16. The van der Waals surface area contributed by atoms with Crippen molar-refractivity contribution in [3.63, 3.8) is 0 Å². The van der Waals surface area contributed by atoms with Crippen LogP contribution >= 0.6 is 34.8 Å². The summed E-state index contributed by atoms with van der Waals surface area (Å²) in [6, 6.07) is 17.4.